The van der Waals surface area contributed by atoms with Crippen molar-refractivity contribution in [2.24, 2.45) is 0 Å². The van der Waals surface area contributed by atoms with Gasteiger partial charge in [0.1, 0.15) is 11.5 Å². The van der Waals surface area contributed by atoms with E-state index in [2.05, 4.69) is 54.9 Å². The van der Waals surface area contributed by atoms with Crippen LogP contribution in [0.2, 0.25) is 0 Å². The second-order valence-corrected chi connectivity index (χ2v) is 7.00. The van der Waals surface area contributed by atoms with Gasteiger partial charge >= 0.3 is 0 Å². The van der Waals surface area contributed by atoms with Gasteiger partial charge in [-0.05, 0) is 31.0 Å². The van der Waals surface area contributed by atoms with E-state index >= 15 is 0 Å². The molecule has 4 rings (SSSR count). The third-order valence-corrected chi connectivity index (χ3v) is 5.00. The molecular formula is C18H19BrN4. The highest BCUT2D eigenvalue weighted by molar-refractivity contribution is 9.10. The van der Waals surface area contributed by atoms with E-state index in [1.807, 2.05) is 12.3 Å². The van der Waals surface area contributed by atoms with E-state index in [1.54, 1.807) is 6.20 Å². The fourth-order valence-electron chi connectivity index (χ4n) is 3.27. The number of imidazole rings is 1. The molecule has 1 aliphatic carbocycles. The molecule has 0 spiro atoms. The van der Waals surface area contributed by atoms with Crippen LogP contribution in [0, 0.1) is 0 Å². The molecule has 5 heteroatoms. The van der Waals surface area contributed by atoms with Crippen molar-refractivity contribution in [3.63, 3.8) is 0 Å². The minimum Gasteiger partial charge on any atom is -0.367 e. The number of fused-ring (bicyclic) bond motifs is 1. The molecule has 0 bridgehead atoms. The SMILES string of the molecule is Brc1ccc(-c2nc3ncccn3c2NC2CCCCC2)cc1. The van der Waals surface area contributed by atoms with E-state index in [0.29, 0.717) is 6.04 Å². The second kappa shape index (κ2) is 6.32. The van der Waals surface area contributed by atoms with Crippen molar-refractivity contribution >= 4 is 27.5 Å². The van der Waals surface area contributed by atoms with E-state index in [1.165, 1.54) is 32.1 Å². The summed E-state index contributed by atoms with van der Waals surface area (Å²) in [6.45, 7) is 0. The van der Waals surface area contributed by atoms with Crippen LogP contribution in [0.25, 0.3) is 17.0 Å². The summed E-state index contributed by atoms with van der Waals surface area (Å²) in [7, 11) is 0. The Morgan fingerprint density at radius 2 is 1.87 bits per heavy atom. The van der Waals surface area contributed by atoms with Crippen molar-refractivity contribution in [3.8, 4) is 11.3 Å². The van der Waals surface area contributed by atoms with Crippen molar-refractivity contribution in [1.29, 1.82) is 0 Å². The predicted octanol–water partition coefficient (Wildman–Crippen LogP) is 4.90. The Labute approximate surface area is 144 Å². The van der Waals surface area contributed by atoms with E-state index < -0.39 is 0 Å². The fourth-order valence-corrected chi connectivity index (χ4v) is 3.54. The van der Waals surface area contributed by atoms with E-state index in [9.17, 15) is 0 Å². The van der Waals surface area contributed by atoms with Crippen molar-refractivity contribution in [2.75, 3.05) is 5.32 Å². The minimum atomic E-state index is 0.526. The molecule has 0 aliphatic heterocycles. The van der Waals surface area contributed by atoms with Crippen LogP contribution in [0.15, 0.2) is 47.2 Å². The van der Waals surface area contributed by atoms with Crippen LogP contribution in [0.1, 0.15) is 32.1 Å². The Morgan fingerprint density at radius 3 is 2.65 bits per heavy atom. The van der Waals surface area contributed by atoms with E-state index in [4.69, 9.17) is 4.98 Å². The summed E-state index contributed by atoms with van der Waals surface area (Å²) in [5, 5.41) is 3.73. The van der Waals surface area contributed by atoms with Crippen molar-refractivity contribution in [1.82, 2.24) is 14.4 Å². The van der Waals surface area contributed by atoms with Crippen LogP contribution in [-0.4, -0.2) is 20.4 Å². The van der Waals surface area contributed by atoms with Crippen LogP contribution in [0.5, 0.6) is 0 Å². The average Bonchev–Trinajstić information content (AvgIpc) is 2.95. The summed E-state index contributed by atoms with van der Waals surface area (Å²) >= 11 is 3.50. The van der Waals surface area contributed by atoms with Crippen molar-refractivity contribution in [3.05, 3.63) is 47.2 Å². The molecule has 1 N–H and O–H groups in total. The third-order valence-electron chi connectivity index (χ3n) is 4.47. The number of rotatable bonds is 3. The zero-order valence-corrected chi connectivity index (χ0v) is 14.5. The molecule has 0 amide bonds. The quantitative estimate of drug-likeness (QED) is 0.712. The molecule has 1 aromatic carbocycles. The number of nitrogens with one attached hydrogen (secondary N) is 1. The molecule has 0 atom stereocenters. The smallest absolute Gasteiger partial charge is 0.235 e. The number of anilines is 1. The summed E-state index contributed by atoms with van der Waals surface area (Å²) in [5.74, 6) is 1.80. The maximum Gasteiger partial charge on any atom is 0.235 e. The van der Waals surface area contributed by atoms with Crippen molar-refractivity contribution in [2.45, 2.75) is 38.1 Å². The van der Waals surface area contributed by atoms with Gasteiger partial charge in [-0.2, -0.15) is 0 Å². The number of nitrogens with zero attached hydrogens (tertiary/aromatic N) is 3. The van der Waals surface area contributed by atoms with Crippen LogP contribution in [0.3, 0.4) is 0 Å². The molecule has 0 unspecified atom stereocenters. The standard InChI is InChI=1S/C18H19BrN4/c19-14-9-7-13(8-10-14)16-17(21-15-5-2-1-3-6-15)23-12-4-11-20-18(23)22-16/h4,7-12,15,21H,1-3,5-6H2. The summed E-state index contributed by atoms with van der Waals surface area (Å²) in [4.78, 5) is 9.15. The lowest BCUT2D eigenvalue weighted by molar-refractivity contribution is 0.461. The van der Waals surface area contributed by atoms with E-state index in [0.717, 1.165) is 27.3 Å². The number of benzene rings is 1. The van der Waals surface area contributed by atoms with Gasteiger partial charge in [0, 0.05) is 28.5 Å². The first-order valence-electron chi connectivity index (χ1n) is 8.17. The molecule has 2 heterocycles. The summed E-state index contributed by atoms with van der Waals surface area (Å²) in [5.41, 5.74) is 2.08. The van der Waals surface area contributed by atoms with Crippen LogP contribution >= 0.6 is 15.9 Å². The normalized spacial score (nSPS) is 15.9. The minimum absolute atomic E-state index is 0.526. The Morgan fingerprint density at radius 1 is 1.09 bits per heavy atom. The van der Waals surface area contributed by atoms with Crippen LogP contribution in [-0.2, 0) is 0 Å². The van der Waals surface area contributed by atoms with Gasteiger partial charge in [-0.1, -0.05) is 47.3 Å². The molecular weight excluding hydrogens is 352 g/mol. The molecule has 0 radical (unpaired) electrons. The first-order valence-corrected chi connectivity index (χ1v) is 8.96. The molecule has 0 saturated heterocycles. The number of halogens is 1. The van der Waals surface area contributed by atoms with Gasteiger partial charge in [0.05, 0.1) is 0 Å². The summed E-state index contributed by atoms with van der Waals surface area (Å²) in [6.07, 6.45) is 10.2. The number of hydrogen-bond acceptors (Lipinski definition) is 3. The maximum atomic E-state index is 4.75. The zero-order chi connectivity index (χ0) is 15.6. The van der Waals surface area contributed by atoms with Gasteiger partial charge in [0.15, 0.2) is 0 Å². The van der Waals surface area contributed by atoms with Gasteiger partial charge in [-0.3, -0.25) is 4.40 Å². The van der Waals surface area contributed by atoms with Gasteiger partial charge < -0.3 is 5.32 Å². The Hall–Kier alpha value is -1.88. The van der Waals surface area contributed by atoms with Crippen molar-refractivity contribution < 1.29 is 0 Å². The van der Waals surface area contributed by atoms with Gasteiger partial charge in [0.25, 0.3) is 0 Å². The highest BCUT2D eigenvalue weighted by atomic mass is 79.9. The Balaban J connectivity index is 1.79. The fraction of sp³-hybridized carbons (Fsp3) is 0.333. The zero-order valence-electron chi connectivity index (χ0n) is 12.9. The van der Waals surface area contributed by atoms with E-state index in [-0.39, 0.29) is 0 Å². The highest BCUT2D eigenvalue weighted by Crippen LogP contribution is 2.31. The monoisotopic (exact) mass is 370 g/mol. The predicted molar refractivity (Wildman–Crippen MR) is 96.6 cm³/mol. The summed E-state index contributed by atoms with van der Waals surface area (Å²) in [6, 6.07) is 10.8. The molecule has 118 valence electrons. The molecule has 3 aromatic rings. The third kappa shape index (κ3) is 2.98. The molecule has 2 aromatic heterocycles. The number of aromatic nitrogens is 3. The maximum absolute atomic E-state index is 4.75. The molecule has 1 aliphatic rings. The average molecular weight is 371 g/mol. The number of hydrogen-bond donors (Lipinski definition) is 1. The van der Waals surface area contributed by atoms with Gasteiger partial charge in [-0.25, -0.2) is 9.97 Å². The lowest BCUT2D eigenvalue weighted by Crippen LogP contribution is -2.23. The molecule has 1 fully saturated rings. The largest absolute Gasteiger partial charge is 0.367 e. The van der Waals surface area contributed by atoms with Crippen LogP contribution < -0.4 is 5.32 Å². The molecule has 4 nitrogen and oxygen atoms in total. The molecule has 1 saturated carbocycles. The highest BCUT2D eigenvalue weighted by Gasteiger charge is 2.19. The second-order valence-electron chi connectivity index (χ2n) is 6.08. The first-order chi connectivity index (χ1) is 11.3. The lowest BCUT2D eigenvalue weighted by Gasteiger charge is -2.24. The van der Waals surface area contributed by atoms with Gasteiger partial charge in [-0.15, -0.1) is 0 Å². The summed E-state index contributed by atoms with van der Waals surface area (Å²) < 4.78 is 3.14. The lowest BCUT2D eigenvalue weighted by atomic mass is 9.95. The Bertz CT molecular complexity index is 804. The molecule has 23 heavy (non-hydrogen) atoms. The van der Waals surface area contributed by atoms with Crippen LogP contribution in [0.4, 0.5) is 5.82 Å². The Kier molecular flexibility index (Phi) is 4.04. The first kappa shape index (κ1) is 14.7. The topological polar surface area (TPSA) is 42.2 Å². The van der Waals surface area contributed by atoms with Gasteiger partial charge in [0.2, 0.25) is 5.78 Å².